The summed E-state index contributed by atoms with van der Waals surface area (Å²) >= 11 is 0. The zero-order valence-electron chi connectivity index (χ0n) is 13.4. The molecule has 0 aromatic heterocycles. The van der Waals surface area contributed by atoms with Gasteiger partial charge in [0.15, 0.2) is 0 Å². The molecule has 0 aromatic rings. The van der Waals surface area contributed by atoms with E-state index in [9.17, 15) is 4.79 Å². The van der Waals surface area contributed by atoms with Crippen LogP contribution in [0.15, 0.2) is 0 Å². The van der Waals surface area contributed by atoms with Crippen LogP contribution in [-0.4, -0.2) is 17.5 Å². The van der Waals surface area contributed by atoms with Crippen molar-refractivity contribution in [2.75, 3.05) is 0 Å². The van der Waals surface area contributed by atoms with Gasteiger partial charge in [-0.1, -0.05) is 27.7 Å². The predicted molar refractivity (Wildman–Crippen MR) is 77.8 cm³/mol. The topological polar surface area (TPSA) is 26.3 Å². The minimum absolute atomic E-state index is 0.199. The number of Topliss-reactive ketones (excluding diaryl/α,β-unsaturated/α-hetero) is 1. The number of rotatable bonds is 9. The molecule has 0 aromatic carbocycles. The van der Waals surface area contributed by atoms with Gasteiger partial charge in [-0.15, -0.1) is 0 Å². The molecule has 2 unspecified atom stereocenters. The smallest absolute Gasteiger partial charge is 0.132 e. The fourth-order valence-corrected chi connectivity index (χ4v) is 2.23. The summed E-state index contributed by atoms with van der Waals surface area (Å²) in [6.45, 7) is 15.0. The van der Waals surface area contributed by atoms with Crippen molar-refractivity contribution < 1.29 is 9.53 Å². The second-order valence-corrected chi connectivity index (χ2v) is 6.58. The van der Waals surface area contributed by atoms with Crippen LogP contribution in [0, 0.1) is 11.8 Å². The summed E-state index contributed by atoms with van der Waals surface area (Å²) in [5.74, 6) is 1.59. The van der Waals surface area contributed by atoms with Crippen molar-refractivity contribution in [2.45, 2.75) is 85.9 Å². The number of carbonyl (C=O) groups excluding carboxylic acids is 1. The molecule has 0 aliphatic carbocycles. The molecule has 0 radical (unpaired) electrons. The highest BCUT2D eigenvalue weighted by Gasteiger charge is 2.25. The monoisotopic (exact) mass is 256 g/mol. The van der Waals surface area contributed by atoms with E-state index in [1.54, 1.807) is 0 Å². The van der Waals surface area contributed by atoms with Gasteiger partial charge in [-0.2, -0.15) is 0 Å². The van der Waals surface area contributed by atoms with E-state index in [1.165, 1.54) is 6.42 Å². The van der Waals surface area contributed by atoms with Gasteiger partial charge in [0.1, 0.15) is 5.78 Å². The highest BCUT2D eigenvalue weighted by molar-refractivity contribution is 5.78. The third kappa shape index (κ3) is 7.86. The molecule has 108 valence electrons. The van der Waals surface area contributed by atoms with Crippen molar-refractivity contribution in [1.29, 1.82) is 0 Å². The summed E-state index contributed by atoms with van der Waals surface area (Å²) in [7, 11) is 0. The number of ether oxygens (including phenoxy) is 1. The summed E-state index contributed by atoms with van der Waals surface area (Å²) in [6, 6.07) is 0. The van der Waals surface area contributed by atoms with Crippen molar-refractivity contribution in [2.24, 2.45) is 11.8 Å². The molecule has 0 aliphatic rings. The molecule has 0 spiro atoms. The van der Waals surface area contributed by atoms with Crippen LogP contribution in [0.1, 0.15) is 74.1 Å². The third-order valence-electron chi connectivity index (χ3n) is 3.55. The van der Waals surface area contributed by atoms with Gasteiger partial charge in [0.25, 0.3) is 0 Å². The zero-order valence-corrected chi connectivity index (χ0v) is 13.4. The van der Waals surface area contributed by atoms with Gasteiger partial charge in [-0.25, -0.2) is 0 Å². The van der Waals surface area contributed by atoms with E-state index in [2.05, 4.69) is 41.5 Å². The van der Waals surface area contributed by atoms with Crippen LogP contribution in [0.5, 0.6) is 0 Å². The molecule has 0 rings (SSSR count). The van der Waals surface area contributed by atoms with Gasteiger partial charge in [0.2, 0.25) is 0 Å². The fourth-order valence-electron chi connectivity index (χ4n) is 2.23. The molecule has 0 saturated heterocycles. The normalized spacial score (nSPS) is 15.8. The quantitative estimate of drug-likeness (QED) is 0.602. The lowest BCUT2D eigenvalue weighted by Crippen LogP contribution is -2.33. The van der Waals surface area contributed by atoms with Crippen LogP contribution < -0.4 is 0 Å². The average molecular weight is 256 g/mol. The van der Waals surface area contributed by atoms with Crippen LogP contribution in [0.25, 0.3) is 0 Å². The van der Waals surface area contributed by atoms with Crippen molar-refractivity contribution in [3.8, 4) is 0 Å². The highest BCUT2D eigenvalue weighted by atomic mass is 16.5. The third-order valence-corrected chi connectivity index (χ3v) is 3.55. The lowest BCUT2D eigenvalue weighted by atomic mass is 9.93. The van der Waals surface area contributed by atoms with Crippen LogP contribution in [-0.2, 0) is 9.53 Å². The molecule has 0 fully saturated rings. The Balaban J connectivity index is 4.17. The standard InChI is InChI=1S/C16H32O2/c1-8-15(17)9-10-16(6,7)18-14(5)13(4)11-12(2)3/h12-14H,8-11H2,1-7H3. The minimum Gasteiger partial charge on any atom is -0.372 e. The Morgan fingerprint density at radius 2 is 1.72 bits per heavy atom. The van der Waals surface area contributed by atoms with E-state index in [0.717, 1.165) is 6.42 Å². The molecule has 18 heavy (non-hydrogen) atoms. The van der Waals surface area contributed by atoms with E-state index in [0.29, 0.717) is 30.5 Å². The van der Waals surface area contributed by atoms with Gasteiger partial charge in [0, 0.05) is 12.8 Å². The summed E-state index contributed by atoms with van der Waals surface area (Å²) in [4.78, 5) is 11.4. The Labute approximate surface area is 113 Å². The molecule has 2 nitrogen and oxygen atoms in total. The first-order chi connectivity index (χ1) is 8.18. The Kier molecular flexibility index (Phi) is 7.77. The second kappa shape index (κ2) is 7.93. The van der Waals surface area contributed by atoms with Gasteiger partial charge in [0.05, 0.1) is 11.7 Å². The van der Waals surface area contributed by atoms with E-state index >= 15 is 0 Å². The maximum Gasteiger partial charge on any atom is 0.132 e. The lowest BCUT2D eigenvalue weighted by molar-refractivity contribution is -0.123. The van der Waals surface area contributed by atoms with Gasteiger partial charge in [-0.05, 0) is 45.4 Å². The van der Waals surface area contributed by atoms with Crippen molar-refractivity contribution in [1.82, 2.24) is 0 Å². The van der Waals surface area contributed by atoms with Gasteiger partial charge < -0.3 is 4.74 Å². The summed E-state index contributed by atoms with van der Waals surface area (Å²) < 4.78 is 6.14. The lowest BCUT2D eigenvalue weighted by Gasteiger charge is -2.32. The molecular weight excluding hydrogens is 224 g/mol. The fraction of sp³-hybridized carbons (Fsp3) is 0.938. The molecule has 0 N–H and O–H groups in total. The first kappa shape index (κ1) is 17.6. The highest BCUT2D eigenvalue weighted by Crippen LogP contribution is 2.25. The van der Waals surface area contributed by atoms with Gasteiger partial charge >= 0.3 is 0 Å². The van der Waals surface area contributed by atoms with Crippen molar-refractivity contribution in [3.05, 3.63) is 0 Å². The summed E-state index contributed by atoms with van der Waals surface area (Å²) in [5, 5.41) is 0. The predicted octanol–water partition coefficient (Wildman–Crippen LogP) is 4.61. The van der Waals surface area contributed by atoms with E-state index in [4.69, 9.17) is 4.74 Å². The van der Waals surface area contributed by atoms with E-state index in [-0.39, 0.29) is 11.7 Å². The largest absolute Gasteiger partial charge is 0.372 e. The molecule has 0 amide bonds. The Bertz CT molecular complexity index is 243. The summed E-state index contributed by atoms with van der Waals surface area (Å²) in [6.07, 6.45) is 3.52. The summed E-state index contributed by atoms with van der Waals surface area (Å²) in [5.41, 5.74) is -0.199. The Morgan fingerprint density at radius 1 is 1.17 bits per heavy atom. The molecule has 0 bridgehead atoms. The van der Waals surface area contributed by atoms with Crippen molar-refractivity contribution >= 4 is 5.78 Å². The molecule has 2 heteroatoms. The molecule has 0 saturated carbocycles. The van der Waals surface area contributed by atoms with Crippen molar-refractivity contribution in [3.63, 3.8) is 0 Å². The number of ketones is 1. The average Bonchev–Trinajstić information content (AvgIpc) is 2.24. The number of hydrogen-bond acceptors (Lipinski definition) is 2. The maximum atomic E-state index is 11.4. The van der Waals surface area contributed by atoms with Crippen LogP contribution in [0.4, 0.5) is 0 Å². The van der Waals surface area contributed by atoms with E-state index in [1.807, 2.05) is 6.92 Å². The second-order valence-electron chi connectivity index (χ2n) is 6.58. The first-order valence-corrected chi connectivity index (χ1v) is 7.37. The first-order valence-electron chi connectivity index (χ1n) is 7.37. The molecular formula is C16H32O2. The number of hydrogen-bond donors (Lipinski definition) is 0. The maximum absolute atomic E-state index is 11.4. The van der Waals surface area contributed by atoms with Crippen LogP contribution in [0.2, 0.25) is 0 Å². The van der Waals surface area contributed by atoms with Crippen LogP contribution >= 0.6 is 0 Å². The van der Waals surface area contributed by atoms with Crippen LogP contribution in [0.3, 0.4) is 0 Å². The zero-order chi connectivity index (χ0) is 14.3. The Hall–Kier alpha value is -0.370. The SMILES string of the molecule is CCC(=O)CCC(C)(C)OC(C)C(C)CC(C)C. The minimum atomic E-state index is -0.199. The van der Waals surface area contributed by atoms with E-state index < -0.39 is 0 Å². The molecule has 0 aliphatic heterocycles. The molecule has 0 heterocycles. The molecule has 2 atom stereocenters. The number of carbonyl (C=O) groups is 1. The Morgan fingerprint density at radius 3 is 2.17 bits per heavy atom. The van der Waals surface area contributed by atoms with Gasteiger partial charge in [-0.3, -0.25) is 4.79 Å².